The van der Waals surface area contributed by atoms with Gasteiger partial charge in [0.05, 0.1) is 26.0 Å². The standard InChI is InChI=1S/C21H18F2N2O5/c1-28-17-7-12(8-18(29-2)19(17)30-21(22)23)11-24-25-20(27)15-9-13-5-3-4-6-14(13)10-16(15)26/h3-11,21,26H,1-2H3,(H,25,27)/b24-11-. The summed E-state index contributed by atoms with van der Waals surface area (Å²) in [6.07, 6.45) is 1.27. The highest BCUT2D eigenvalue weighted by atomic mass is 19.3. The summed E-state index contributed by atoms with van der Waals surface area (Å²) in [5.74, 6) is -1.04. The molecule has 0 aliphatic rings. The van der Waals surface area contributed by atoms with E-state index in [1.165, 1.54) is 38.6 Å². The van der Waals surface area contributed by atoms with Crippen LogP contribution in [-0.2, 0) is 0 Å². The van der Waals surface area contributed by atoms with Crippen molar-refractivity contribution >= 4 is 22.9 Å². The maximum atomic E-state index is 12.6. The van der Waals surface area contributed by atoms with E-state index < -0.39 is 12.5 Å². The number of nitrogens with one attached hydrogen (secondary N) is 1. The van der Waals surface area contributed by atoms with Crippen LogP contribution in [-0.4, -0.2) is 38.1 Å². The molecule has 3 rings (SSSR count). The van der Waals surface area contributed by atoms with Crippen molar-refractivity contribution in [3.63, 3.8) is 0 Å². The second kappa shape index (κ2) is 9.08. The van der Waals surface area contributed by atoms with E-state index in [1.54, 1.807) is 6.07 Å². The molecule has 0 aliphatic heterocycles. The summed E-state index contributed by atoms with van der Waals surface area (Å²) < 4.78 is 39.8. The van der Waals surface area contributed by atoms with E-state index >= 15 is 0 Å². The molecule has 0 aromatic heterocycles. The third-order valence-electron chi connectivity index (χ3n) is 4.18. The highest BCUT2D eigenvalue weighted by Crippen LogP contribution is 2.39. The monoisotopic (exact) mass is 416 g/mol. The minimum Gasteiger partial charge on any atom is -0.507 e. The highest BCUT2D eigenvalue weighted by Gasteiger charge is 2.18. The lowest BCUT2D eigenvalue weighted by atomic mass is 10.1. The zero-order chi connectivity index (χ0) is 21.7. The molecule has 0 saturated heterocycles. The molecule has 3 aromatic carbocycles. The summed E-state index contributed by atoms with van der Waals surface area (Å²) in [6.45, 7) is -3.05. The maximum absolute atomic E-state index is 12.6. The SMILES string of the molecule is COc1cc(/C=N\NC(=O)c2cc3ccccc3cc2O)cc(OC)c1OC(F)F. The van der Waals surface area contributed by atoms with E-state index in [4.69, 9.17) is 9.47 Å². The molecule has 0 fully saturated rings. The summed E-state index contributed by atoms with van der Waals surface area (Å²) in [5, 5.41) is 15.5. The van der Waals surface area contributed by atoms with E-state index in [2.05, 4.69) is 15.3 Å². The van der Waals surface area contributed by atoms with Gasteiger partial charge in [-0.1, -0.05) is 24.3 Å². The Hall–Kier alpha value is -3.88. The third kappa shape index (κ3) is 4.57. The molecule has 0 bridgehead atoms. The van der Waals surface area contributed by atoms with Crippen LogP contribution >= 0.6 is 0 Å². The van der Waals surface area contributed by atoms with E-state index in [0.29, 0.717) is 5.56 Å². The smallest absolute Gasteiger partial charge is 0.387 e. The molecule has 2 N–H and O–H groups in total. The minimum absolute atomic E-state index is 0.00889. The molecule has 30 heavy (non-hydrogen) atoms. The number of rotatable bonds is 7. The molecule has 0 radical (unpaired) electrons. The zero-order valence-corrected chi connectivity index (χ0v) is 16.1. The minimum atomic E-state index is -3.05. The Kier molecular flexibility index (Phi) is 6.31. The second-order valence-electron chi connectivity index (χ2n) is 6.05. The predicted octanol–water partition coefficient (Wildman–Crippen LogP) is 3.93. The van der Waals surface area contributed by atoms with Crippen molar-refractivity contribution in [3.8, 4) is 23.0 Å². The summed E-state index contributed by atoms with van der Waals surface area (Å²) in [6, 6.07) is 13.1. The van der Waals surface area contributed by atoms with Crippen molar-refractivity contribution < 1.29 is 32.9 Å². The summed E-state index contributed by atoms with van der Waals surface area (Å²) >= 11 is 0. The number of hydrogen-bond acceptors (Lipinski definition) is 6. The van der Waals surface area contributed by atoms with Crippen LogP contribution in [0.5, 0.6) is 23.0 Å². The Morgan fingerprint density at radius 2 is 1.67 bits per heavy atom. The Balaban J connectivity index is 1.81. The molecule has 0 spiro atoms. The van der Waals surface area contributed by atoms with Gasteiger partial charge in [-0.2, -0.15) is 13.9 Å². The highest BCUT2D eigenvalue weighted by molar-refractivity contribution is 6.01. The number of methoxy groups -OCH3 is 2. The molecule has 0 saturated carbocycles. The number of benzene rings is 3. The van der Waals surface area contributed by atoms with E-state index in [9.17, 15) is 18.7 Å². The van der Waals surface area contributed by atoms with Gasteiger partial charge in [-0.15, -0.1) is 0 Å². The Bertz CT molecular complexity index is 1080. The predicted molar refractivity (Wildman–Crippen MR) is 107 cm³/mol. The number of hydrazone groups is 1. The Morgan fingerprint density at radius 1 is 1.07 bits per heavy atom. The molecular formula is C21H18F2N2O5. The Labute approximate surface area is 170 Å². The molecule has 0 heterocycles. The molecule has 0 aliphatic carbocycles. The first-order valence-electron chi connectivity index (χ1n) is 8.69. The first-order chi connectivity index (χ1) is 14.4. The Morgan fingerprint density at radius 3 is 2.23 bits per heavy atom. The number of hydrogen-bond donors (Lipinski definition) is 2. The number of aromatic hydroxyl groups is 1. The number of alkyl halides is 2. The van der Waals surface area contributed by atoms with Gasteiger partial charge in [-0.25, -0.2) is 5.43 Å². The van der Waals surface area contributed by atoms with Gasteiger partial charge in [0.2, 0.25) is 5.75 Å². The third-order valence-corrected chi connectivity index (χ3v) is 4.18. The average molecular weight is 416 g/mol. The molecule has 1 amide bonds. The van der Waals surface area contributed by atoms with Gasteiger partial charge in [-0.3, -0.25) is 4.79 Å². The van der Waals surface area contributed by atoms with Crippen molar-refractivity contribution in [1.29, 1.82) is 0 Å². The van der Waals surface area contributed by atoms with Crippen LogP contribution in [0.3, 0.4) is 0 Å². The van der Waals surface area contributed by atoms with Crippen molar-refractivity contribution in [2.75, 3.05) is 14.2 Å². The van der Waals surface area contributed by atoms with Gasteiger partial charge in [0.25, 0.3) is 5.91 Å². The lowest BCUT2D eigenvalue weighted by Crippen LogP contribution is -2.17. The fourth-order valence-electron chi connectivity index (χ4n) is 2.82. The van der Waals surface area contributed by atoms with Crippen molar-refractivity contribution in [2.24, 2.45) is 5.10 Å². The largest absolute Gasteiger partial charge is 0.507 e. The number of nitrogens with zero attached hydrogens (tertiary/aromatic N) is 1. The number of fused-ring (bicyclic) bond motifs is 1. The van der Waals surface area contributed by atoms with E-state index in [-0.39, 0.29) is 28.6 Å². The van der Waals surface area contributed by atoms with Gasteiger partial charge in [0.15, 0.2) is 11.5 Å². The van der Waals surface area contributed by atoms with Crippen LogP contribution in [0.2, 0.25) is 0 Å². The van der Waals surface area contributed by atoms with Gasteiger partial charge in [0, 0.05) is 5.56 Å². The number of ether oxygens (including phenoxy) is 3. The van der Waals surface area contributed by atoms with Crippen LogP contribution in [0, 0.1) is 0 Å². The molecule has 9 heteroatoms. The number of phenolic OH excluding ortho intramolecular Hbond substituents is 1. The van der Waals surface area contributed by atoms with Crippen LogP contribution in [0.1, 0.15) is 15.9 Å². The number of carbonyl (C=O) groups is 1. The summed E-state index contributed by atoms with van der Waals surface area (Å²) in [5.41, 5.74) is 2.77. The number of halogens is 2. The van der Waals surface area contributed by atoms with Gasteiger partial charge >= 0.3 is 6.61 Å². The van der Waals surface area contributed by atoms with Crippen molar-refractivity contribution in [3.05, 3.63) is 59.7 Å². The molecule has 7 nitrogen and oxygen atoms in total. The fourth-order valence-corrected chi connectivity index (χ4v) is 2.82. The van der Waals surface area contributed by atoms with Gasteiger partial charge in [-0.05, 0) is 35.0 Å². The van der Waals surface area contributed by atoms with Gasteiger partial charge in [0.1, 0.15) is 5.75 Å². The van der Waals surface area contributed by atoms with Crippen LogP contribution in [0.15, 0.2) is 53.6 Å². The van der Waals surface area contributed by atoms with Gasteiger partial charge < -0.3 is 19.3 Å². The molecule has 3 aromatic rings. The molecule has 156 valence electrons. The van der Waals surface area contributed by atoms with Crippen LogP contribution in [0.4, 0.5) is 8.78 Å². The topological polar surface area (TPSA) is 89.4 Å². The van der Waals surface area contributed by atoms with Crippen LogP contribution in [0.25, 0.3) is 10.8 Å². The zero-order valence-electron chi connectivity index (χ0n) is 16.1. The average Bonchev–Trinajstić information content (AvgIpc) is 2.73. The lowest BCUT2D eigenvalue weighted by Gasteiger charge is -2.14. The van der Waals surface area contributed by atoms with Crippen LogP contribution < -0.4 is 19.6 Å². The summed E-state index contributed by atoms with van der Waals surface area (Å²) in [4.78, 5) is 12.4. The second-order valence-corrected chi connectivity index (χ2v) is 6.05. The number of phenols is 1. The quantitative estimate of drug-likeness (QED) is 0.450. The molecule has 0 unspecified atom stereocenters. The number of amides is 1. The molecular weight excluding hydrogens is 398 g/mol. The van der Waals surface area contributed by atoms with Crippen molar-refractivity contribution in [2.45, 2.75) is 6.61 Å². The first kappa shape index (κ1) is 20.8. The number of carbonyl (C=O) groups excluding carboxylic acids is 1. The normalized spacial score (nSPS) is 11.1. The first-order valence-corrected chi connectivity index (χ1v) is 8.69. The lowest BCUT2D eigenvalue weighted by molar-refractivity contribution is -0.0526. The van der Waals surface area contributed by atoms with E-state index in [1.807, 2.05) is 24.3 Å². The van der Waals surface area contributed by atoms with E-state index in [0.717, 1.165) is 10.8 Å². The van der Waals surface area contributed by atoms with Crippen molar-refractivity contribution in [1.82, 2.24) is 5.43 Å². The maximum Gasteiger partial charge on any atom is 0.387 e. The summed E-state index contributed by atoms with van der Waals surface area (Å²) in [7, 11) is 2.58. The molecule has 0 atom stereocenters. The fraction of sp³-hybridized carbons (Fsp3) is 0.143.